The number of hydrogen-bond donors (Lipinski definition) is 1. The fraction of sp³-hybridized carbons (Fsp3) is 0.370. The Morgan fingerprint density at radius 2 is 1.88 bits per heavy atom. The van der Waals surface area contributed by atoms with Crippen molar-refractivity contribution >= 4 is 17.7 Å². The lowest BCUT2D eigenvalue weighted by Gasteiger charge is -2.33. The second kappa shape index (κ2) is 9.03. The number of likely N-dealkylation sites (tertiary alicyclic amines) is 1. The number of piperidine rings is 2. The van der Waals surface area contributed by atoms with Crippen molar-refractivity contribution in [3.05, 3.63) is 70.0 Å². The highest BCUT2D eigenvalue weighted by atomic mass is 19.1. The molecule has 3 heterocycles. The van der Waals surface area contributed by atoms with Gasteiger partial charge in [0.25, 0.3) is 5.91 Å². The summed E-state index contributed by atoms with van der Waals surface area (Å²) in [7, 11) is 0. The van der Waals surface area contributed by atoms with Crippen LogP contribution in [-0.4, -0.2) is 46.7 Å². The number of halogens is 1. The van der Waals surface area contributed by atoms with Crippen LogP contribution in [0.4, 0.5) is 4.39 Å². The molecule has 1 atom stereocenters. The lowest BCUT2D eigenvalue weighted by Crippen LogP contribution is -2.52. The number of carbonyl (C=O) groups excluding carboxylic acids is 3. The number of benzene rings is 2. The van der Waals surface area contributed by atoms with E-state index < -0.39 is 17.8 Å². The quantitative estimate of drug-likeness (QED) is 0.564. The van der Waals surface area contributed by atoms with Crippen LogP contribution in [0.15, 0.2) is 36.4 Å². The molecule has 34 heavy (non-hydrogen) atoms. The zero-order valence-corrected chi connectivity index (χ0v) is 18.9. The third-order valence-corrected chi connectivity index (χ3v) is 7.18. The van der Waals surface area contributed by atoms with Crippen LogP contribution in [0.3, 0.4) is 0 Å². The Bertz CT molecular complexity index is 1210. The van der Waals surface area contributed by atoms with Crippen LogP contribution in [0, 0.1) is 18.2 Å². The van der Waals surface area contributed by atoms with Crippen LogP contribution in [-0.2, 0) is 22.7 Å². The van der Waals surface area contributed by atoms with E-state index in [1.54, 1.807) is 6.07 Å². The zero-order chi connectivity index (χ0) is 23.8. The zero-order valence-electron chi connectivity index (χ0n) is 18.9. The summed E-state index contributed by atoms with van der Waals surface area (Å²) in [6.45, 7) is 2.81. The first-order valence-electron chi connectivity index (χ1n) is 11.7. The summed E-state index contributed by atoms with van der Waals surface area (Å²) in [5.41, 5.74) is 4.07. The summed E-state index contributed by atoms with van der Waals surface area (Å²) in [6, 6.07) is 10.1. The van der Waals surface area contributed by atoms with E-state index in [0.717, 1.165) is 49.2 Å². The van der Waals surface area contributed by atoms with Gasteiger partial charge in [0, 0.05) is 30.6 Å². The van der Waals surface area contributed by atoms with Gasteiger partial charge < -0.3 is 4.90 Å². The summed E-state index contributed by atoms with van der Waals surface area (Å²) in [5.74, 6) is 1.27. The van der Waals surface area contributed by atoms with Gasteiger partial charge in [-0.2, -0.15) is 0 Å². The summed E-state index contributed by atoms with van der Waals surface area (Å²) in [5, 5.41) is 2.31. The van der Waals surface area contributed by atoms with E-state index in [2.05, 4.69) is 22.2 Å². The van der Waals surface area contributed by atoms with Crippen LogP contribution in [0.1, 0.15) is 64.2 Å². The van der Waals surface area contributed by atoms with Gasteiger partial charge in [0.05, 0.1) is 0 Å². The minimum atomic E-state index is -0.700. The fourth-order valence-electron chi connectivity index (χ4n) is 5.44. The number of nitrogens with one attached hydrogen (secondary N) is 1. The maximum Gasteiger partial charge on any atom is 0.255 e. The summed E-state index contributed by atoms with van der Waals surface area (Å²) < 4.78 is 14.6. The standard InChI is InChI=1S/C27H26FN3O3/c1-2-17-4-3-5-18(12-17)15-30-10-8-19(9-11-30)21-13-20(28)14-22-23(21)16-31(27(22)34)24-6-7-25(32)29-26(24)33/h1,3-5,12-14,19,24H,6-11,15-16H2,(H,29,32,33). The number of rotatable bonds is 4. The molecule has 0 bridgehead atoms. The van der Waals surface area contributed by atoms with Gasteiger partial charge in [0.2, 0.25) is 11.8 Å². The monoisotopic (exact) mass is 459 g/mol. The van der Waals surface area contributed by atoms with E-state index in [4.69, 9.17) is 6.42 Å². The second-order valence-electron chi connectivity index (χ2n) is 9.32. The summed E-state index contributed by atoms with van der Waals surface area (Å²) in [4.78, 5) is 40.8. The van der Waals surface area contributed by atoms with E-state index in [1.807, 2.05) is 18.2 Å². The van der Waals surface area contributed by atoms with Crippen LogP contribution in [0.2, 0.25) is 0 Å². The molecule has 0 spiro atoms. The topological polar surface area (TPSA) is 69.7 Å². The van der Waals surface area contributed by atoms with Gasteiger partial charge in [-0.25, -0.2) is 4.39 Å². The van der Waals surface area contributed by atoms with E-state index in [1.165, 1.54) is 16.5 Å². The Balaban J connectivity index is 1.31. The van der Waals surface area contributed by atoms with Crippen molar-refractivity contribution in [2.75, 3.05) is 13.1 Å². The molecule has 1 unspecified atom stereocenters. The first-order chi connectivity index (χ1) is 16.4. The van der Waals surface area contributed by atoms with Gasteiger partial charge in [-0.15, -0.1) is 6.42 Å². The van der Waals surface area contributed by atoms with Crippen molar-refractivity contribution < 1.29 is 18.8 Å². The average Bonchev–Trinajstić information content (AvgIpc) is 3.15. The van der Waals surface area contributed by atoms with Gasteiger partial charge in [0.1, 0.15) is 11.9 Å². The van der Waals surface area contributed by atoms with Crippen LogP contribution < -0.4 is 5.32 Å². The molecule has 3 amide bonds. The first-order valence-corrected chi connectivity index (χ1v) is 11.7. The third-order valence-electron chi connectivity index (χ3n) is 7.18. The number of amides is 3. The lowest BCUT2D eigenvalue weighted by atomic mass is 9.85. The molecule has 2 aromatic rings. The highest BCUT2D eigenvalue weighted by Crippen LogP contribution is 2.38. The molecule has 3 aliphatic heterocycles. The number of fused-ring (bicyclic) bond motifs is 1. The minimum Gasteiger partial charge on any atom is -0.322 e. The number of nitrogens with zero attached hydrogens (tertiary/aromatic N) is 2. The highest BCUT2D eigenvalue weighted by Gasteiger charge is 2.41. The molecule has 0 aliphatic carbocycles. The Morgan fingerprint density at radius 1 is 1.09 bits per heavy atom. The molecule has 2 saturated heterocycles. The van der Waals surface area contributed by atoms with Crippen molar-refractivity contribution in [2.24, 2.45) is 0 Å². The normalized spacial score (nSPS) is 21.4. The molecule has 7 heteroatoms. The predicted molar refractivity (Wildman–Crippen MR) is 124 cm³/mol. The molecule has 174 valence electrons. The van der Waals surface area contributed by atoms with Crippen molar-refractivity contribution in [1.29, 1.82) is 0 Å². The molecular formula is C27H26FN3O3. The molecule has 3 aliphatic rings. The van der Waals surface area contributed by atoms with Crippen LogP contribution >= 0.6 is 0 Å². The molecule has 0 saturated carbocycles. The highest BCUT2D eigenvalue weighted by molar-refractivity contribution is 6.05. The van der Waals surface area contributed by atoms with E-state index in [0.29, 0.717) is 12.0 Å². The third kappa shape index (κ3) is 4.22. The molecule has 0 aromatic heterocycles. The number of imide groups is 1. The molecule has 0 radical (unpaired) electrons. The van der Waals surface area contributed by atoms with E-state index >= 15 is 0 Å². The van der Waals surface area contributed by atoms with E-state index in [9.17, 15) is 18.8 Å². The number of carbonyl (C=O) groups is 3. The Hall–Kier alpha value is -3.50. The maximum absolute atomic E-state index is 14.6. The van der Waals surface area contributed by atoms with Gasteiger partial charge in [-0.05, 0) is 79.2 Å². The van der Waals surface area contributed by atoms with E-state index in [-0.39, 0.29) is 30.7 Å². The van der Waals surface area contributed by atoms with Gasteiger partial charge >= 0.3 is 0 Å². The maximum atomic E-state index is 14.6. The lowest BCUT2D eigenvalue weighted by molar-refractivity contribution is -0.136. The van der Waals surface area contributed by atoms with Crippen molar-refractivity contribution in [2.45, 2.75) is 50.7 Å². The Morgan fingerprint density at radius 3 is 2.62 bits per heavy atom. The smallest absolute Gasteiger partial charge is 0.255 e. The Kier molecular flexibility index (Phi) is 5.93. The van der Waals surface area contributed by atoms with Gasteiger partial charge in [-0.1, -0.05) is 18.1 Å². The number of hydrogen-bond acceptors (Lipinski definition) is 4. The Labute approximate surface area is 198 Å². The van der Waals surface area contributed by atoms with Gasteiger partial charge in [0.15, 0.2) is 0 Å². The molecule has 5 rings (SSSR count). The molecular weight excluding hydrogens is 433 g/mol. The second-order valence-corrected chi connectivity index (χ2v) is 9.32. The fourth-order valence-corrected chi connectivity index (χ4v) is 5.44. The number of terminal acetylenes is 1. The van der Waals surface area contributed by atoms with Crippen molar-refractivity contribution in [1.82, 2.24) is 15.1 Å². The summed E-state index contributed by atoms with van der Waals surface area (Å²) in [6.07, 6.45) is 7.72. The van der Waals surface area contributed by atoms with Crippen molar-refractivity contribution in [3.8, 4) is 12.3 Å². The largest absolute Gasteiger partial charge is 0.322 e. The summed E-state index contributed by atoms with van der Waals surface area (Å²) >= 11 is 0. The van der Waals surface area contributed by atoms with Crippen LogP contribution in [0.25, 0.3) is 0 Å². The molecule has 1 N–H and O–H groups in total. The average molecular weight is 460 g/mol. The molecule has 6 nitrogen and oxygen atoms in total. The SMILES string of the molecule is C#Cc1cccc(CN2CCC(c3cc(F)cc4c3CN(C3CCC(=O)NC3=O)C4=O)CC2)c1. The van der Waals surface area contributed by atoms with Crippen LogP contribution in [0.5, 0.6) is 0 Å². The van der Waals surface area contributed by atoms with Gasteiger partial charge in [-0.3, -0.25) is 24.6 Å². The minimum absolute atomic E-state index is 0.146. The molecule has 2 aromatic carbocycles. The first kappa shape index (κ1) is 22.3. The molecule has 2 fully saturated rings. The predicted octanol–water partition coefficient (Wildman–Crippen LogP) is 2.95. The van der Waals surface area contributed by atoms with Crippen molar-refractivity contribution in [3.63, 3.8) is 0 Å².